The molecule has 18 heavy (non-hydrogen) atoms. The quantitative estimate of drug-likeness (QED) is 0.576. The largest absolute Gasteiger partial charge is 0.493 e. The molecule has 0 N–H and O–H groups in total. The summed E-state index contributed by atoms with van der Waals surface area (Å²) in [6, 6.07) is 3.64. The lowest BCUT2D eigenvalue weighted by Gasteiger charge is -2.31. The van der Waals surface area contributed by atoms with Gasteiger partial charge in [-0.1, -0.05) is 0 Å². The number of anilines is 1. The minimum atomic E-state index is -0.670. The number of benzene rings is 1. The summed E-state index contributed by atoms with van der Waals surface area (Å²) < 4.78 is 5.45. The van der Waals surface area contributed by atoms with Crippen molar-refractivity contribution in [2.45, 2.75) is 6.42 Å². The zero-order chi connectivity index (χ0) is 12.7. The van der Waals surface area contributed by atoms with Crippen molar-refractivity contribution in [1.29, 1.82) is 0 Å². The van der Waals surface area contributed by atoms with Gasteiger partial charge in [0.1, 0.15) is 12.0 Å². The Morgan fingerprint density at radius 2 is 2.33 bits per heavy atom. The molecule has 0 aromatic heterocycles. The van der Waals surface area contributed by atoms with Gasteiger partial charge in [0.05, 0.1) is 31.9 Å². The van der Waals surface area contributed by atoms with Crippen LogP contribution < -0.4 is 9.80 Å². The van der Waals surface area contributed by atoms with Crippen LogP contribution in [0.4, 0.5) is 5.69 Å². The van der Waals surface area contributed by atoms with Crippen LogP contribution in [0.25, 0.3) is 0 Å². The third-order valence-corrected chi connectivity index (χ3v) is 3.43. The van der Waals surface area contributed by atoms with Crippen LogP contribution in [-0.2, 0) is 16.1 Å². The monoisotopic (exact) mass is 247 g/mol. The van der Waals surface area contributed by atoms with E-state index in [-0.39, 0.29) is 12.3 Å². The van der Waals surface area contributed by atoms with Crippen molar-refractivity contribution in [2.75, 3.05) is 25.3 Å². The molecule has 2 aliphatic heterocycles. The van der Waals surface area contributed by atoms with Crippen molar-refractivity contribution in [3.63, 3.8) is 0 Å². The highest BCUT2D eigenvalue weighted by Gasteiger charge is 2.34. The van der Waals surface area contributed by atoms with E-state index in [0.717, 1.165) is 23.4 Å². The molecule has 0 spiro atoms. The smallest absolute Gasteiger partial charge is 0.177 e. The summed E-state index contributed by atoms with van der Waals surface area (Å²) in [4.78, 5) is 28.3. The highest BCUT2D eigenvalue weighted by molar-refractivity contribution is 6.11. The molecule has 3 rings (SSSR count). The summed E-state index contributed by atoms with van der Waals surface area (Å²) in [5, 5.41) is 1.59. The average molecular weight is 247 g/mol. The topological polar surface area (TPSA) is 55.8 Å². The van der Waals surface area contributed by atoms with Crippen LogP contribution in [0, 0.1) is 5.92 Å². The van der Waals surface area contributed by atoms with Gasteiger partial charge in [-0.15, -0.1) is 0 Å². The van der Waals surface area contributed by atoms with Gasteiger partial charge in [0.15, 0.2) is 5.78 Å². The summed E-state index contributed by atoms with van der Waals surface area (Å²) in [5.41, 5.74) is 2.30. The Morgan fingerprint density at radius 1 is 1.50 bits per heavy atom. The summed E-state index contributed by atoms with van der Waals surface area (Å²) in [6.07, 6.45) is 1.51. The number of carbonyl (C=O) groups is 2. The molecule has 1 unspecified atom stereocenters. The zero-order valence-electron chi connectivity index (χ0n) is 10.0. The van der Waals surface area contributed by atoms with E-state index in [1.807, 2.05) is 6.07 Å². The number of nitrogens with zero attached hydrogens (tertiary/aromatic N) is 1. The first-order valence-corrected chi connectivity index (χ1v) is 5.85. The van der Waals surface area contributed by atoms with Gasteiger partial charge in [0.2, 0.25) is 0 Å². The first kappa shape index (κ1) is 11.2. The molecule has 0 fully saturated rings. The van der Waals surface area contributed by atoms with E-state index in [1.165, 1.54) is 7.11 Å². The van der Waals surface area contributed by atoms with E-state index in [0.29, 0.717) is 18.5 Å². The SMILES string of the molecule is CON1CC(C=O)C(=O)c2cc3c(cc21)CCO3. The number of ether oxygens (including phenoxy) is 1. The predicted octanol–water partition coefficient (Wildman–Crippen LogP) is 1.00. The van der Waals surface area contributed by atoms with E-state index < -0.39 is 5.92 Å². The van der Waals surface area contributed by atoms with Crippen molar-refractivity contribution in [2.24, 2.45) is 5.92 Å². The van der Waals surface area contributed by atoms with Gasteiger partial charge in [0.25, 0.3) is 0 Å². The lowest BCUT2D eigenvalue weighted by molar-refractivity contribution is -0.110. The van der Waals surface area contributed by atoms with Gasteiger partial charge >= 0.3 is 0 Å². The van der Waals surface area contributed by atoms with Crippen LogP contribution in [0.15, 0.2) is 12.1 Å². The highest BCUT2D eigenvalue weighted by Crippen LogP contribution is 2.37. The number of hydrogen-bond acceptors (Lipinski definition) is 5. The van der Waals surface area contributed by atoms with E-state index >= 15 is 0 Å². The third-order valence-electron chi connectivity index (χ3n) is 3.43. The van der Waals surface area contributed by atoms with Crippen LogP contribution in [0.5, 0.6) is 5.75 Å². The Morgan fingerprint density at radius 3 is 3.06 bits per heavy atom. The number of rotatable bonds is 2. The normalized spacial score (nSPS) is 21.3. The molecule has 2 heterocycles. The van der Waals surface area contributed by atoms with Gasteiger partial charge in [0, 0.05) is 12.0 Å². The number of carbonyl (C=O) groups excluding carboxylic acids is 2. The van der Waals surface area contributed by atoms with Crippen molar-refractivity contribution in [3.05, 3.63) is 23.3 Å². The Hall–Kier alpha value is -1.88. The van der Waals surface area contributed by atoms with Crippen LogP contribution in [0.3, 0.4) is 0 Å². The molecule has 1 aromatic carbocycles. The fraction of sp³-hybridized carbons (Fsp3) is 0.385. The average Bonchev–Trinajstić information content (AvgIpc) is 2.85. The molecule has 0 aliphatic carbocycles. The Bertz CT molecular complexity index is 526. The molecule has 2 aliphatic rings. The maximum Gasteiger partial charge on any atom is 0.177 e. The molecular weight excluding hydrogens is 234 g/mol. The Kier molecular flexibility index (Phi) is 2.56. The fourth-order valence-electron chi connectivity index (χ4n) is 2.45. The van der Waals surface area contributed by atoms with Gasteiger partial charge in [-0.05, 0) is 17.7 Å². The zero-order valence-corrected chi connectivity index (χ0v) is 10.0. The molecule has 0 amide bonds. The first-order valence-electron chi connectivity index (χ1n) is 5.85. The van der Waals surface area contributed by atoms with Gasteiger partial charge in [-0.2, -0.15) is 0 Å². The molecule has 5 heteroatoms. The molecule has 5 nitrogen and oxygen atoms in total. The first-order chi connectivity index (χ1) is 8.74. The number of fused-ring (bicyclic) bond motifs is 2. The predicted molar refractivity (Wildman–Crippen MR) is 63.9 cm³/mol. The number of hydroxylamine groups is 1. The maximum atomic E-state index is 12.1. The number of Topliss-reactive ketones (excluding diaryl/α,β-unsaturated/α-hetero) is 1. The second kappa shape index (κ2) is 4.10. The number of aldehydes is 1. The molecule has 94 valence electrons. The lowest BCUT2D eigenvalue weighted by atomic mass is 9.91. The van der Waals surface area contributed by atoms with Gasteiger partial charge < -0.3 is 9.53 Å². The molecule has 1 aromatic rings. The van der Waals surface area contributed by atoms with E-state index in [9.17, 15) is 9.59 Å². The van der Waals surface area contributed by atoms with Crippen LogP contribution in [-0.4, -0.2) is 32.3 Å². The van der Waals surface area contributed by atoms with Crippen LogP contribution in [0.1, 0.15) is 15.9 Å². The Labute approximate surface area is 104 Å². The number of hydrogen-bond donors (Lipinski definition) is 0. The van der Waals surface area contributed by atoms with Gasteiger partial charge in [-0.25, -0.2) is 0 Å². The van der Waals surface area contributed by atoms with E-state index in [2.05, 4.69) is 0 Å². The van der Waals surface area contributed by atoms with Crippen molar-refractivity contribution >= 4 is 17.8 Å². The second-order valence-electron chi connectivity index (χ2n) is 4.43. The summed E-state index contributed by atoms with van der Waals surface area (Å²) >= 11 is 0. The van der Waals surface area contributed by atoms with Crippen LogP contribution >= 0.6 is 0 Å². The molecule has 0 bridgehead atoms. The minimum Gasteiger partial charge on any atom is -0.493 e. The van der Waals surface area contributed by atoms with Crippen LogP contribution in [0.2, 0.25) is 0 Å². The standard InChI is InChI=1S/C13H13NO4/c1-17-14-6-9(7-15)13(16)10-5-12-8(2-3-18-12)4-11(10)14/h4-5,7,9H,2-3,6H2,1H3. The summed E-state index contributed by atoms with van der Waals surface area (Å²) in [5.74, 6) is -0.0896. The van der Waals surface area contributed by atoms with Crippen molar-refractivity contribution in [1.82, 2.24) is 0 Å². The molecule has 1 atom stereocenters. The number of ketones is 1. The minimum absolute atomic E-state index is 0.161. The second-order valence-corrected chi connectivity index (χ2v) is 4.43. The summed E-state index contributed by atoms with van der Waals surface area (Å²) in [6.45, 7) is 0.905. The summed E-state index contributed by atoms with van der Waals surface area (Å²) in [7, 11) is 1.53. The van der Waals surface area contributed by atoms with E-state index in [1.54, 1.807) is 11.1 Å². The molecule has 0 saturated carbocycles. The third kappa shape index (κ3) is 1.51. The fourth-order valence-corrected chi connectivity index (χ4v) is 2.45. The molecule has 0 saturated heterocycles. The van der Waals surface area contributed by atoms with E-state index in [4.69, 9.17) is 9.57 Å². The lowest BCUT2D eigenvalue weighted by Crippen LogP contribution is -2.39. The highest BCUT2D eigenvalue weighted by atomic mass is 16.7. The molecular formula is C13H13NO4. The Balaban J connectivity index is 2.14. The maximum absolute atomic E-state index is 12.1. The van der Waals surface area contributed by atoms with Gasteiger partial charge in [-0.3, -0.25) is 14.7 Å². The van der Waals surface area contributed by atoms with Crippen molar-refractivity contribution in [3.8, 4) is 5.75 Å². The van der Waals surface area contributed by atoms with Crippen molar-refractivity contribution < 1.29 is 19.2 Å². The molecule has 0 radical (unpaired) electrons.